The number of nitrogens with one attached hydrogen (secondary N) is 1. The van der Waals surface area contributed by atoms with Crippen LogP contribution in [0.15, 0.2) is 18.2 Å². The largest absolute Gasteiger partial charge is 0.480 e. The highest BCUT2D eigenvalue weighted by Gasteiger charge is 2.19. The zero-order valence-electron chi connectivity index (χ0n) is 13.5. The van der Waals surface area contributed by atoms with Gasteiger partial charge in [0.2, 0.25) is 5.91 Å². The molecule has 0 saturated heterocycles. The van der Waals surface area contributed by atoms with Gasteiger partial charge in [0, 0.05) is 5.69 Å². The summed E-state index contributed by atoms with van der Waals surface area (Å²) in [4.78, 5) is 24.6. The normalized spacial score (nSPS) is 11.7. The molecular weight excluding hydrogens is 304 g/mol. The van der Waals surface area contributed by atoms with E-state index in [1.165, 1.54) is 4.90 Å². The summed E-state index contributed by atoms with van der Waals surface area (Å²) in [6.07, 6.45) is 1.68. The Morgan fingerprint density at radius 1 is 1.23 bits per heavy atom. The quantitative estimate of drug-likeness (QED) is 0.807. The molecule has 0 bridgehead atoms. The molecule has 124 valence electrons. The van der Waals surface area contributed by atoms with Crippen molar-refractivity contribution in [3.05, 3.63) is 29.3 Å². The summed E-state index contributed by atoms with van der Waals surface area (Å²) in [5.74, 6) is -1.13. The molecule has 0 spiro atoms. The minimum absolute atomic E-state index is 0. The summed E-state index contributed by atoms with van der Waals surface area (Å²) in [6, 6.07) is 5.30. The lowest BCUT2D eigenvalue weighted by atomic mass is 10.0. The molecular formula is C16H25ClN2O3. The number of hydrogen-bond donors (Lipinski definition) is 2. The Balaban J connectivity index is 0.00000441. The number of rotatable bonds is 7. The van der Waals surface area contributed by atoms with Crippen molar-refractivity contribution in [2.75, 3.05) is 18.9 Å². The van der Waals surface area contributed by atoms with Crippen LogP contribution in [-0.2, 0) is 22.4 Å². The van der Waals surface area contributed by atoms with E-state index in [1.807, 2.05) is 32.0 Å². The average Bonchev–Trinajstić information content (AvgIpc) is 2.46. The number of benzene rings is 1. The number of likely N-dealkylation sites (N-methyl/N-ethyl adjacent to an activating group) is 1. The Labute approximate surface area is 138 Å². The third-order valence-electron chi connectivity index (χ3n) is 3.67. The Morgan fingerprint density at radius 3 is 2.14 bits per heavy atom. The van der Waals surface area contributed by atoms with Gasteiger partial charge in [0.25, 0.3) is 0 Å². The third kappa shape index (κ3) is 5.31. The maximum Gasteiger partial charge on any atom is 0.320 e. The molecule has 0 radical (unpaired) electrons. The van der Waals surface area contributed by atoms with Crippen molar-refractivity contribution >= 4 is 30.0 Å². The molecule has 0 aliphatic rings. The van der Waals surface area contributed by atoms with Crippen LogP contribution in [0.1, 0.15) is 31.9 Å². The lowest BCUT2D eigenvalue weighted by Crippen LogP contribution is -2.40. The molecule has 6 heteroatoms. The second-order valence-electron chi connectivity index (χ2n) is 5.14. The molecule has 2 N–H and O–H groups in total. The first-order chi connectivity index (χ1) is 9.90. The Morgan fingerprint density at radius 2 is 1.73 bits per heavy atom. The summed E-state index contributed by atoms with van der Waals surface area (Å²) in [5.41, 5.74) is 3.05. The van der Waals surface area contributed by atoms with E-state index in [0.29, 0.717) is 0 Å². The van der Waals surface area contributed by atoms with E-state index in [4.69, 9.17) is 5.11 Å². The van der Waals surface area contributed by atoms with Gasteiger partial charge in [0.15, 0.2) is 0 Å². The molecule has 0 aliphatic heterocycles. The molecule has 0 aliphatic carbocycles. The van der Waals surface area contributed by atoms with Crippen molar-refractivity contribution < 1.29 is 14.7 Å². The molecule has 1 amide bonds. The molecule has 1 rings (SSSR count). The fraction of sp³-hybridized carbons (Fsp3) is 0.500. The molecule has 1 aromatic carbocycles. The number of nitrogens with zero attached hydrogens (tertiary/aromatic N) is 1. The van der Waals surface area contributed by atoms with Gasteiger partial charge in [-0.05, 0) is 37.9 Å². The van der Waals surface area contributed by atoms with Crippen LogP contribution < -0.4 is 5.32 Å². The number of carboxylic acid groups (broad SMARTS) is 1. The number of aliphatic carboxylic acids is 1. The zero-order valence-corrected chi connectivity index (χ0v) is 14.4. The van der Waals surface area contributed by atoms with E-state index >= 15 is 0 Å². The number of carbonyl (C=O) groups excluding carboxylic acids is 1. The van der Waals surface area contributed by atoms with Gasteiger partial charge in [-0.15, -0.1) is 12.4 Å². The highest BCUT2D eigenvalue weighted by Crippen LogP contribution is 2.22. The highest BCUT2D eigenvalue weighted by atomic mass is 35.5. The maximum absolute atomic E-state index is 12.1. The predicted molar refractivity (Wildman–Crippen MR) is 90.8 cm³/mol. The van der Waals surface area contributed by atoms with Crippen LogP contribution in [0.5, 0.6) is 0 Å². The molecule has 1 aromatic rings. The standard InChI is InChI=1S/C16H24N2O3.ClH/c1-5-12-8-7-9-13(6-2)15(12)17-14(19)10-18(4)11(3)16(20)21;/h7-9,11H,5-6,10H2,1-4H3,(H,17,19)(H,20,21);1H. The number of para-hydroxylation sites is 1. The second kappa shape index (κ2) is 9.43. The molecule has 0 saturated carbocycles. The topological polar surface area (TPSA) is 69.6 Å². The Bertz CT molecular complexity index is 498. The van der Waals surface area contributed by atoms with E-state index in [1.54, 1.807) is 14.0 Å². The van der Waals surface area contributed by atoms with Crippen LogP contribution >= 0.6 is 12.4 Å². The third-order valence-corrected chi connectivity index (χ3v) is 3.67. The number of hydrogen-bond acceptors (Lipinski definition) is 3. The van der Waals surface area contributed by atoms with E-state index in [-0.39, 0.29) is 24.9 Å². The van der Waals surface area contributed by atoms with Crippen molar-refractivity contribution in [3.63, 3.8) is 0 Å². The number of aryl methyl sites for hydroxylation is 2. The highest BCUT2D eigenvalue weighted by molar-refractivity contribution is 5.94. The summed E-state index contributed by atoms with van der Waals surface area (Å²) >= 11 is 0. The zero-order chi connectivity index (χ0) is 16.0. The minimum atomic E-state index is -0.937. The number of halogens is 1. The van der Waals surface area contributed by atoms with E-state index < -0.39 is 12.0 Å². The van der Waals surface area contributed by atoms with Crippen LogP contribution in [0.2, 0.25) is 0 Å². The maximum atomic E-state index is 12.1. The van der Waals surface area contributed by atoms with Crippen LogP contribution in [0, 0.1) is 0 Å². The van der Waals surface area contributed by atoms with Crippen molar-refractivity contribution in [3.8, 4) is 0 Å². The van der Waals surface area contributed by atoms with E-state index in [2.05, 4.69) is 5.32 Å². The summed E-state index contributed by atoms with van der Waals surface area (Å²) < 4.78 is 0. The molecule has 1 atom stereocenters. The summed E-state index contributed by atoms with van der Waals surface area (Å²) in [6.45, 7) is 5.70. The molecule has 5 nitrogen and oxygen atoms in total. The first-order valence-electron chi connectivity index (χ1n) is 7.24. The Hall–Kier alpha value is -1.59. The van der Waals surface area contributed by atoms with Crippen LogP contribution in [0.25, 0.3) is 0 Å². The van der Waals surface area contributed by atoms with Gasteiger partial charge in [-0.3, -0.25) is 14.5 Å². The van der Waals surface area contributed by atoms with Gasteiger partial charge in [0.1, 0.15) is 6.04 Å². The fourth-order valence-corrected chi connectivity index (χ4v) is 2.13. The molecule has 1 unspecified atom stereocenters. The smallest absolute Gasteiger partial charge is 0.320 e. The SMILES string of the molecule is CCc1cccc(CC)c1NC(=O)CN(C)C(C)C(=O)O.Cl. The van der Waals surface area contributed by atoms with Crippen LogP contribution in [0.4, 0.5) is 5.69 Å². The van der Waals surface area contributed by atoms with E-state index in [0.717, 1.165) is 29.7 Å². The number of carboxylic acids is 1. The van der Waals surface area contributed by atoms with Gasteiger partial charge in [-0.25, -0.2) is 0 Å². The van der Waals surface area contributed by atoms with E-state index in [9.17, 15) is 9.59 Å². The lowest BCUT2D eigenvalue weighted by molar-refractivity contribution is -0.142. The summed E-state index contributed by atoms with van der Waals surface area (Å²) in [5, 5.41) is 11.9. The van der Waals surface area contributed by atoms with Gasteiger partial charge < -0.3 is 10.4 Å². The second-order valence-corrected chi connectivity index (χ2v) is 5.14. The van der Waals surface area contributed by atoms with Crippen LogP contribution in [-0.4, -0.2) is 41.5 Å². The molecule has 22 heavy (non-hydrogen) atoms. The minimum Gasteiger partial charge on any atom is -0.480 e. The van der Waals surface area contributed by atoms with Gasteiger partial charge in [0.05, 0.1) is 6.54 Å². The van der Waals surface area contributed by atoms with Crippen molar-refractivity contribution in [2.45, 2.75) is 39.7 Å². The van der Waals surface area contributed by atoms with Gasteiger partial charge in [-0.2, -0.15) is 0 Å². The van der Waals surface area contributed by atoms with Crippen molar-refractivity contribution in [1.29, 1.82) is 0 Å². The number of anilines is 1. The number of carbonyl (C=O) groups is 2. The average molecular weight is 329 g/mol. The number of amides is 1. The van der Waals surface area contributed by atoms with Gasteiger partial charge >= 0.3 is 5.97 Å². The fourth-order valence-electron chi connectivity index (χ4n) is 2.13. The first-order valence-corrected chi connectivity index (χ1v) is 7.24. The van der Waals surface area contributed by atoms with Crippen molar-refractivity contribution in [2.24, 2.45) is 0 Å². The molecule has 0 fully saturated rings. The predicted octanol–water partition coefficient (Wildman–Crippen LogP) is 2.58. The summed E-state index contributed by atoms with van der Waals surface area (Å²) in [7, 11) is 1.63. The van der Waals surface area contributed by atoms with Crippen LogP contribution in [0.3, 0.4) is 0 Å². The monoisotopic (exact) mass is 328 g/mol. The first kappa shape index (κ1) is 20.4. The Kier molecular flexibility index (Phi) is 8.75. The molecule has 0 aromatic heterocycles. The molecule has 0 heterocycles. The van der Waals surface area contributed by atoms with Crippen molar-refractivity contribution in [1.82, 2.24) is 4.90 Å². The lowest BCUT2D eigenvalue weighted by Gasteiger charge is -2.21. The van der Waals surface area contributed by atoms with Gasteiger partial charge in [-0.1, -0.05) is 32.0 Å².